The quantitative estimate of drug-likeness (QED) is 0.740. The Labute approximate surface area is 145 Å². The van der Waals surface area contributed by atoms with Gasteiger partial charge in [0.25, 0.3) is 5.91 Å². The fourth-order valence-corrected chi connectivity index (χ4v) is 2.55. The molecule has 1 unspecified atom stereocenters. The van der Waals surface area contributed by atoms with E-state index in [1.54, 1.807) is 13.0 Å². The van der Waals surface area contributed by atoms with Gasteiger partial charge in [-0.3, -0.25) is 4.79 Å². The number of nitrogens with one attached hydrogen (secondary N) is 1. The summed E-state index contributed by atoms with van der Waals surface area (Å²) in [5.41, 5.74) is 4.20. The summed E-state index contributed by atoms with van der Waals surface area (Å²) >= 11 is 0. The number of amides is 1. The van der Waals surface area contributed by atoms with E-state index in [1.807, 2.05) is 43.3 Å². The molecule has 3 aromatic rings. The smallest absolute Gasteiger partial charge is 0.251 e. The molecule has 128 valence electrons. The van der Waals surface area contributed by atoms with Crippen LogP contribution in [-0.4, -0.2) is 43.9 Å². The molecular formula is C18H19N5O2. The van der Waals surface area contributed by atoms with Crippen molar-refractivity contribution in [2.45, 2.75) is 20.0 Å². The minimum Gasteiger partial charge on any atom is -0.392 e. The van der Waals surface area contributed by atoms with Crippen LogP contribution in [0.1, 0.15) is 22.8 Å². The molecule has 0 fully saturated rings. The van der Waals surface area contributed by atoms with E-state index in [0.717, 1.165) is 16.7 Å². The van der Waals surface area contributed by atoms with E-state index < -0.39 is 6.10 Å². The van der Waals surface area contributed by atoms with Gasteiger partial charge in [0.15, 0.2) is 0 Å². The van der Waals surface area contributed by atoms with Crippen LogP contribution in [-0.2, 0) is 0 Å². The summed E-state index contributed by atoms with van der Waals surface area (Å²) in [6.07, 6.45) is 0.872. The van der Waals surface area contributed by atoms with Crippen LogP contribution in [0.5, 0.6) is 0 Å². The number of aromatic nitrogens is 4. The maximum Gasteiger partial charge on any atom is 0.251 e. The van der Waals surface area contributed by atoms with Crippen LogP contribution in [0.25, 0.3) is 16.8 Å². The van der Waals surface area contributed by atoms with Gasteiger partial charge in [-0.2, -0.15) is 0 Å². The Hall–Kier alpha value is -3.06. The predicted molar refractivity (Wildman–Crippen MR) is 93.3 cm³/mol. The minimum absolute atomic E-state index is 0.188. The fourth-order valence-electron chi connectivity index (χ4n) is 2.55. The van der Waals surface area contributed by atoms with Gasteiger partial charge < -0.3 is 10.4 Å². The number of aliphatic hydroxyl groups excluding tert-OH is 1. The Bertz CT molecular complexity index is 875. The zero-order valence-corrected chi connectivity index (χ0v) is 14.0. The van der Waals surface area contributed by atoms with E-state index in [-0.39, 0.29) is 12.5 Å². The Kier molecular flexibility index (Phi) is 4.85. The molecule has 0 spiro atoms. The van der Waals surface area contributed by atoms with E-state index in [2.05, 4.69) is 20.8 Å². The third-order valence-corrected chi connectivity index (χ3v) is 3.81. The number of benzene rings is 2. The number of carbonyl (C=O) groups excluding carboxylic acids is 1. The summed E-state index contributed by atoms with van der Waals surface area (Å²) in [6.45, 7) is 3.83. The zero-order chi connectivity index (χ0) is 17.8. The van der Waals surface area contributed by atoms with Crippen LogP contribution in [0.3, 0.4) is 0 Å². The van der Waals surface area contributed by atoms with E-state index in [9.17, 15) is 9.90 Å². The highest BCUT2D eigenvalue weighted by molar-refractivity contribution is 5.96. The molecule has 7 heteroatoms. The number of hydrogen-bond acceptors (Lipinski definition) is 5. The van der Waals surface area contributed by atoms with Crippen molar-refractivity contribution in [3.05, 3.63) is 59.9 Å². The van der Waals surface area contributed by atoms with Crippen LogP contribution in [0.15, 0.2) is 48.8 Å². The average molecular weight is 337 g/mol. The molecule has 1 heterocycles. The number of carbonyl (C=O) groups is 1. The normalized spacial score (nSPS) is 12.0. The molecule has 0 saturated carbocycles. The van der Waals surface area contributed by atoms with E-state index in [1.165, 1.54) is 11.0 Å². The predicted octanol–water partition coefficient (Wildman–Crippen LogP) is 1.75. The molecule has 7 nitrogen and oxygen atoms in total. The van der Waals surface area contributed by atoms with Crippen LogP contribution >= 0.6 is 0 Å². The Morgan fingerprint density at radius 3 is 2.76 bits per heavy atom. The van der Waals surface area contributed by atoms with Crippen molar-refractivity contribution in [2.75, 3.05) is 6.54 Å². The lowest BCUT2D eigenvalue weighted by atomic mass is 9.98. The lowest BCUT2D eigenvalue weighted by Crippen LogP contribution is -2.30. The molecule has 25 heavy (non-hydrogen) atoms. The van der Waals surface area contributed by atoms with E-state index >= 15 is 0 Å². The molecule has 1 amide bonds. The number of tetrazole rings is 1. The van der Waals surface area contributed by atoms with Gasteiger partial charge in [0.05, 0.1) is 11.8 Å². The molecule has 0 saturated heterocycles. The van der Waals surface area contributed by atoms with Crippen LogP contribution < -0.4 is 5.32 Å². The number of aryl methyl sites for hydroxylation is 1. The minimum atomic E-state index is -0.609. The van der Waals surface area contributed by atoms with Gasteiger partial charge >= 0.3 is 0 Å². The van der Waals surface area contributed by atoms with Crippen molar-refractivity contribution in [1.29, 1.82) is 0 Å². The standard InChI is InChI=1S/C18H19N5O2/c1-12-5-3-4-6-17(12)14-7-15(18(25)19-10-13(2)24)9-16(8-14)23-11-20-21-22-23/h3-9,11,13,24H,10H2,1-2H3,(H,19,25). The van der Waals surface area contributed by atoms with Crippen molar-refractivity contribution in [2.24, 2.45) is 0 Å². The average Bonchev–Trinajstić information content (AvgIpc) is 3.14. The van der Waals surface area contributed by atoms with Crippen LogP contribution in [0, 0.1) is 6.92 Å². The van der Waals surface area contributed by atoms with Gasteiger partial charge in [0.2, 0.25) is 0 Å². The third kappa shape index (κ3) is 3.89. The highest BCUT2D eigenvalue weighted by Crippen LogP contribution is 2.26. The van der Waals surface area contributed by atoms with Crippen molar-refractivity contribution in [3.63, 3.8) is 0 Å². The molecule has 0 radical (unpaired) electrons. The van der Waals surface area contributed by atoms with Crippen LogP contribution in [0.4, 0.5) is 0 Å². The largest absolute Gasteiger partial charge is 0.392 e. The second-order valence-electron chi connectivity index (χ2n) is 5.90. The van der Waals surface area contributed by atoms with Gasteiger partial charge in [-0.1, -0.05) is 24.3 Å². The first-order chi connectivity index (χ1) is 12.0. The number of aliphatic hydroxyl groups is 1. The molecule has 2 aromatic carbocycles. The first-order valence-electron chi connectivity index (χ1n) is 7.95. The summed E-state index contributed by atoms with van der Waals surface area (Å²) in [4.78, 5) is 12.5. The van der Waals surface area contributed by atoms with E-state index in [0.29, 0.717) is 11.3 Å². The monoisotopic (exact) mass is 337 g/mol. The van der Waals surface area contributed by atoms with Gasteiger partial charge in [-0.25, -0.2) is 4.68 Å². The lowest BCUT2D eigenvalue weighted by molar-refractivity contribution is 0.0924. The maximum absolute atomic E-state index is 12.5. The number of nitrogens with zero attached hydrogens (tertiary/aromatic N) is 4. The Morgan fingerprint density at radius 2 is 2.08 bits per heavy atom. The zero-order valence-electron chi connectivity index (χ0n) is 14.0. The first-order valence-corrected chi connectivity index (χ1v) is 7.95. The summed E-state index contributed by atoms with van der Waals surface area (Å²) in [7, 11) is 0. The first kappa shape index (κ1) is 16.8. The maximum atomic E-state index is 12.5. The summed E-state index contributed by atoms with van der Waals surface area (Å²) < 4.78 is 1.51. The van der Waals surface area contributed by atoms with Crippen molar-refractivity contribution in [1.82, 2.24) is 25.5 Å². The third-order valence-electron chi connectivity index (χ3n) is 3.81. The lowest BCUT2D eigenvalue weighted by Gasteiger charge is -2.12. The summed E-state index contributed by atoms with van der Waals surface area (Å²) in [5, 5.41) is 23.3. The fraction of sp³-hybridized carbons (Fsp3) is 0.222. The molecular weight excluding hydrogens is 318 g/mol. The molecule has 0 aliphatic heterocycles. The molecule has 0 aliphatic carbocycles. The van der Waals surface area contributed by atoms with Gasteiger partial charge in [-0.15, -0.1) is 5.10 Å². The second kappa shape index (κ2) is 7.23. The van der Waals surface area contributed by atoms with Gasteiger partial charge in [0.1, 0.15) is 6.33 Å². The van der Waals surface area contributed by atoms with Gasteiger partial charge in [0, 0.05) is 12.1 Å². The van der Waals surface area contributed by atoms with E-state index in [4.69, 9.17) is 0 Å². The number of rotatable bonds is 5. The molecule has 1 aromatic heterocycles. The summed E-state index contributed by atoms with van der Waals surface area (Å²) in [6, 6.07) is 13.4. The van der Waals surface area contributed by atoms with Gasteiger partial charge in [-0.05, 0) is 59.2 Å². The number of hydrogen-bond donors (Lipinski definition) is 2. The molecule has 0 aliphatic rings. The van der Waals surface area contributed by atoms with Crippen LogP contribution in [0.2, 0.25) is 0 Å². The second-order valence-corrected chi connectivity index (χ2v) is 5.90. The molecule has 1 atom stereocenters. The highest BCUT2D eigenvalue weighted by Gasteiger charge is 2.13. The molecule has 0 bridgehead atoms. The Balaban J connectivity index is 2.06. The van der Waals surface area contributed by atoms with Crippen molar-refractivity contribution >= 4 is 5.91 Å². The SMILES string of the molecule is Cc1ccccc1-c1cc(C(=O)NCC(C)O)cc(-n2cnnn2)c1. The van der Waals surface area contributed by atoms with Crippen molar-refractivity contribution < 1.29 is 9.90 Å². The highest BCUT2D eigenvalue weighted by atomic mass is 16.3. The van der Waals surface area contributed by atoms with Crippen molar-refractivity contribution in [3.8, 4) is 16.8 Å². The topological polar surface area (TPSA) is 92.9 Å². The Morgan fingerprint density at radius 1 is 1.28 bits per heavy atom. The molecule has 3 rings (SSSR count). The summed E-state index contributed by atoms with van der Waals surface area (Å²) in [5.74, 6) is -0.259. The molecule has 2 N–H and O–H groups in total.